The number of ketones is 2. The molecule has 5 rings (SSSR count). The second kappa shape index (κ2) is 8.96. The van der Waals surface area contributed by atoms with Gasteiger partial charge in [0, 0.05) is 33.4 Å². The summed E-state index contributed by atoms with van der Waals surface area (Å²) >= 11 is 0. The lowest BCUT2D eigenvalue weighted by molar-refractivity contribution is 0.0980. The standard InChI is InChI=1S/C28H22N2O4S2/c1-35(33,19-11-5-3-6-12-19)29-23-17-9-15-21-25(23)27(31)22-16-10-18-24(26(22)28(21)32)30-36(2,34)20-13-7-4-8-14-20/h3-18H,1-2H3. The van der Waals surface area contributed by atoms with Gasteiger partial charge in [0.1, 0.15) is 0 Å². The summed E-state index contributed by atoms with van der Waals surface area (Å²) in [7, 11) is -5.75. The zero-order valence-corrected chi connectivity index (χ0v) is 21.2. The summed E-state index contributed by atoms with van der Waals surface area (Å²) in [6, 6.07) is 27.1. The first-order chi connectivity index (χ1) is 17.2. The summed E-state index contributed by atoms with van der Waals surface area (Å²) in [5, 5.41) is 0. The molecule has 36 heavy (non-hydrogen) atoms. The number of hydrogen-bond acceptors (Lipinski definition) is 6. The monoisotopic (exact) mass is 514 g/mol. The van der Waals surface area contributed by atoms with Gasteiger partial charge >= 0.3 is 0 Å². The van der Waals surface area contributed by atoms with Crippen LogP contribution in [-0.4, -0.2) is 32.5 Å². The fraction of sp³-hybridized carbons (Fsp3) is 0.0714. The van der Waals surface area contributed by atoms with Gasteiger partial charge in [0.25, 0.3) is 0 Å². The number of rotatable bonds is 4. The van der Waals surface area contributed by atoms with E-state index >= 15 is 0 Å². The Bertz CT molecular complexity index is 1650. The SMILES string of the molecule is CS(=O)(=Nc1cccc2c1C(=O)c1cccc(N=S(C)(=O)c3ccccc3)c1C2=O)c1ccccc1. The second-order valence-corrected chi connectivity index (χ2v) is 13.0. The molecule has 0 spiro atoms. The summed E-state index contributed by atoms with van der Waals surface area (Å²) in [6.07, 6.45) is 3.01. The average molecular weight is 515 g/mol. The number of carbonyl (C=O) groups is 2. The lowest BCUT2D eigenvalue weighted by Gasteiger charge is -2.20. The summed E-state index contributed by atoms with van der Waals surface area (Å²) in [5.41, 5.74) is 0.914. The minimum Gasteiger partial charge on any atom is -0.288 e. The number of fused-ring (bicyclic) bond motifs is 2. The van der Waals surface area contributed by atoms with Gasteiger partial charge in [0.15, 0.2) is 11.6 Å². The topological polar surface area (TPSA) is 93.0 Å². The van der Waals surface area contributed by atoms with Crippen molar-refractivity contribution in [2.24, 2.45) is 8.73 Å². The highest BCUT2D eigenvalue weighted by molar-refractivity contribution is 7.93. The Labute approximate surface area is 210 Å². The van der Waals surface area contributed by atoms with E-state index in [-0.39, 0.29) is 33.6 Å². The number of carbonyl (C=O) groups excluding carboxylic acids is 2. The van der Waals surface area contributed by atoms with Crippen molar-refractivity contribution in [3.63, 3.8) is 0 Å². The quantitative estimate of drug-likeness (QED) is 0.292. The Morgan fingerprint density at radius 1 is 0.500 bits per heavy atom. The van der Waals surface area contributed by atoms with Crippen LogP contribution in [0.25, 0.3) is 0 Å². The Kier molecular flexibility index (Phi) is 5.94. The van der Waals surface area contributed by atoms with Crippen LogP contribution in [0.2, 0.25) is 0 Å². The molecule has 0 heterocycles. The van der Waals surface area contributed by atoms with Crippen LogP contribution in [0.15, 0.2) is 116 Å². The summed E-state index contributed by atoms with van der Waals surface area (Å²) in [4.78, 5) is 28.4. The van der Waals surface area contributed by atoms with Gasteiger partial charge < -0.3 is 0 Å². The van der Waals surface area contributed by atoms with Crippen LogP contribution in [0.1, 0.15) is 31.8 Å². The molecule has 6 nitrogen and oxygen atoms in total. The molecule has 0 saturated heterocycles. The third kappa shape index (κ3) is 4.19. The molecule has 1 aliphatic carbocycles. The molecule has 2 unspecified atom stereocenters. The minimum absolute atomic E-state index is 0.109. The van der Waals surface area contributed by atoms with Gasteiger partial charge in [0.2, 0.25) is 0 Å². The Hall–Kier alpha value is -3.88. The van der Waals surface area contributed by atoms with Crippen molar-refractivity contribution in [1.82, 2.24) is 0 Å². The van der Waals surface area contributed by atoms with Gasteiger partial charge in [-0.15, -0.1) is 0 Å². The fourth-order valence-corrected chi connectivity index (χ4v) is 6.77. The maximum atomic E-state index is 13.7. The highest BCUT2D eigenvalue weighted by atomic mass is 32.2. The highest BCUT2D eigenvalue weighted by Gasteiger charge is 2.34. The Morgan fingerprint density at radius 3 is 1.22 bits per heavy atom. The van der Waals surface area contributed by atoms with Crippen LogP contribution in [0.3, 0.4) is 0 Å². The second-order valence-electron chi connectivity index (χ2n) is 8.47. The molecule has 0 fully saturated rings. The highest BCUT2D eigenvalue weighted by Crippen LogP contribution is 2.38. The van der Waals surface area contributed by atoms with E-state index in [0.717, 1.165) is 0 Å². The maximum absolute atomic E-state index is 13.7. The van der Waals surface area contributed by atoms with Crippen LogP contribution in [-0.2, 0) is 19.5 Å². The molecule has 180 valence electrons. The maximum Gasteiger partial charge on any atom is 0.196 e. The van der Waals surface area contributed by atoms with Gasteiger partial charge in [-0.25, -0.2) is 8.42 Å². The molecule has 0 bridgehead atoms. The summed E-state index contributed by atoms with van der Waals surface area (Å²) in [5.74, 6) is -0.830. The van der Waals surface area contributed by atoms with Crippen molar-refractivity contribution >= 4 is 42.4 Å². The van der Waals surface area contributed by atoms with Gasteiger partial charge in [0.05, 0.1) is 42.0 Å². The predicted molar refractivity (Wildman–Crippen MR) is 141 cm³/mol. The van der Waals surface area contributed by atoms with E-state index in [1.807, 2.05) is 12.1 Å². The van der Waals surface area contributed by atoms with Gasteiger partial charge in [-0.2, -0.15) is 8.73 Å². The Morgan fingerprint density at radius 2 is 0.861 bits per heavy atom. The first kappa shape index (κ1) is 23.8. The molecule has 0 aromatic heterocycles. The van der Waals surface area contributed by atoms with Crippen molar-refractivity contribution in [1.29, 1.82) is 0 Å². The van der Waals surface area contributed by atoms with Gasteiger partial charge in [-0.05, 0) is 36.4 Å². The van der Waals surface area contributed by atoms with Crippen LogP contribution in [0.4, 0.5) is 11.4 Å². The molecule has 0 N–H and O–H groups in total. The fourth-order valence-electron chi connectivity index (χ4n) is 4.18. The van der Waals surface area contributed by atoms with E-state index < -0.39 is 31.0 Å². The number of nitrogens with zero attached hydrogens (tertiary/aromatic N) is 2. The third-order valence-electron chi connectivity index (χ3n) is 5.93. The molecule has 0 saturated carbocycles. The van der Waals surface area contributed by atoms with Gasteiger partial charge in [-0.3, -0.25) is 9.59 Å². The molecule has 4 aromatic rings. The molecular formula is C28H22N2O4S2. The first-order valence-electron chi connectivity index (χ1n) is 11.1. The molecule has 0 amide bonds. The Balaban J connectivity index is 1.68. The molecule has 4 aromatic carbocycles. The van der Waals surface area contributed by atoms with Crippen molar-refractivity contribution < 1.29 is 18.0 Å². The largest absolute Gasteiger partial charge is 0.288 e. The zero-order chi connectivity index (χ0) is 25.5. The van der Waals surface area contributed by atoms with Crippen LogP contribution in [0.5, 0.6) is 0 Å². The minimum atomic E-state index is -2.87. The van der Waals surface area contributed by atoms with Crippen molar-refractivity contribution in [3.8, 4) is 0 Å². The average Bonchev–Trinajstić information content (AvgIpc) is 2.88. The zero-order valence-electron chi connectivity index (χ0n) is 19.6. The number of benzene rings is 4. The molecule has 2 atom stereocenters. The third-order valence-corrected chi connectivity index (χ3v) is 9.32. The lowest BCUT2D eigenvalue weighted by atomic mass is 9.82. The molecule has 0 aliphatic heterocycles. The smallest absolute Gasteiger partial charge is 0.196 e. The molecule has 0 radical (unpaired) electrons. The molecule has 1 aliphatic rings. The van der Waals surface area contributed by atoms with E-state index in [2.05, 4.69) is 8.73 Å². The van der Waals surface area contributed by atoms with Crippen molar-refractivity contribution in [2.75, 3.05) is 12.5 Å². The first-order valence-corrected chi connectivity index (χ1v) is 14.9. The molecular weight excluding hydrogens is 492 g/mol. The summed E-state index contributed by atoms with van der Waals surface area (Å²) in [6.45, 7) is 0. The van der Waals surface area contributed by atoms with E-state index in [4.69, 9.17) is 0 Å². The van der Waals surface area contributed by atoms with E-state index in [1.54, 1.807) is 84.9 Å². The van der Waals surface area contributed by atoms with Crippen molar-refractivity contribution in [2.45, 2.75) is 9.79 Å². The van der Waals surface area contributed by atoms with E-state index in [9.17, 15) is 18.0 Å². The van der Waals surface area contributed by atoms with Crippen LogP contribution >= 0.6 is 0 Å². The lowest BCUT2D eigenvalue weighted by Crippen LogP contribution is -2.21. The normalized spacial score (nSPS) is 15.7. The van der Waals surface area contributed by atoms with Gasteiger partial charge in [-0.1, -0.05) is 60.7 Å². The number of hydrogen-bond donors (Lipinski definition) is 0. The molecule has 8 heteroatoms. The van der Waals surface area contributed by atoms with Crippen LogP contribution in [0, 0.1) is 0 Å². The summed E-state index contributed by atoms with van der Waals surface area (Å²) < 4.78 is 35.7. The van der Waals surface area contributed by atoms with Crippen molar-refractivity contribution in [3.05, 3.63) is 119 Å². The van der Waals surface area contributed by atoms with E-state index in [0.29, 0.717) is 9.79 Å². The predicted octanol–water partition coefficient (Wildman–Crippen LogP) is 6.04. The van der Waals surface area contributed by atoms with E-state index in [1.165, 1.54) is 12.5 Å². The van der Waals surface area contributed by atoms with Crippen LogP contribution < -0.4 is 0 Å².